The van der Waals surface area contributed by atoms with E-state index in [0.29, 0.717) is 36.5 Å². The Bertz CT molecular complexity index is 1410. The first-order valence-corrected chi connectivity index (χ1v) is 12.6. The predicted molar refractivity (Wildman–Crippen MR) is 131 cm³/mol. The molecule has 178 valence electrons. The molecule has 34 heavy (non-hydrogen) atoms. The average molecular weight is 481 g/mol. The zero-order chi connectivity index (χ0) is 24.3. The summed E-state index contributed by atoms with van der Waals surface area (Å²) in [5.74, 6) is 0.579. The van der Waals surface area contributed by atoms with Gasteiger partial charge in [-0.3, -0.25) is 4.79 Å². The Balaban J connectivity index is 1.50. The summed E-state index contributed by atoms with van der Waals surface area (Å²) < 4.78 is 30.9. The monoisotopic (exact) mass is 480 g/mol. The van der Waals surface area contributed by atoms with Crippen molar-refractivity contribution in [3.8, 4) is 5.69 Å². The number of sulfonamides is 1. The van der Waals surface area contributed by atoms with Gasteiger partial charge in [-0.05, 0) is 30.3 Å². The molecule has 4 rings (SSSR count). The van der Waals surface area contributed by atoms with Crippen LogP contribution in [0.15, 0.2) is 66.1 Å². The standard InChI is InChI=1S/C24H28N6O3S/c1-4-30(5-2)34(32,33)18-10-11-21-20(16-18)26-23(28(21)3)12-13-24(31)27-19-8-6-7-9-22(19)29-15-14-25-17-29/h6-11,14-17H,4-5,12-13H2,1-3H3,(H,27,31). The topological polar surface area (TPSA) is 102 Å². The van der Waals surface area contributed by atoms with E-state index in [4.69, 9.17) is 0 Å². The number of fused-ring (bicyclic) bond motifs is 1. The van der Waals surface area contributed by atoms with Gasteiger partial charge in [0.15, 0.2) is 0 Å². The van der Waals surface area contributed by atoms with Crippen molar-refractivity contribution < 1.29 is 13.2 Å². The van der Waals surface area contributed by atoms with E-state index in [1.54, 1.807) is 30.7 Å². The molecule has 0 aliphatic rings. The third kappa shape index (κ3) is 4.59. The second kappa shape index (κ2) is 9.78. The van der Waals surface area contributed by atoms with Gasteiger partial charge in [0.1, 0.15) is 5.82 Å². The molecule has 2 aromatic heterocycles. The van der Waals surface area contributed by atoms with E-state index in [1.165, 1.54) is 4.31 Å². The minimum Gasteiger partial charge on any atom is -0.331 e. The second-order valence-electron chi connectivity index (χ2n) is 7.86. The molecule has 0 unspecified atom stereocenters. The number of benzene rings is 2. The molecule has 0 aliphatic heterocycles. The van der Waals surface area contributed by atoms with Gasteiger partial charge >= 0.3 is 0 Å². The quantitative estimate of drug-likeness (QED) is 0.396. The zero-order valence-corrected chi connectivity index (χ0v) is 20.3. The highest BCUT2D eigenvalue weighted by atomic mass is 32.2. The lowest BCUT2D eigenvalue weighted by atomic mass is 10.2. The number of aryl methyl sites for hydroxylation is 2. The highest BCUT2D eigenvalue weighted by Crippen LogP contribution is 2.23. The van der Waals surface area contributed by atoms with Crippen molar-refractivity contribution >= 4 is 32.7 Å². The second-order valence-corrected chi connectivity index (χ2v) is 9.80. The average Bonchev–Trinajstić information content (AvgIpc) is 3.47. The van der Waals surface area contributed by atoms with E-state index in [-0.39, 0.29) is 17.2 Å². The van der Waals surface area contributed by atoms with Crippen molar-refractivity contribution in [2.75, 3.05) is 18.4 Å². The molecule has 0 aliphatic carbocycles. The van der Waals surface area contributed by atoms with E-state index in [2.05, 4.69) is 15.3 Å². The summed E-state index contributed by atoms with van der Waals surface area (Å²) in [4.78, 5) is 21.6. The maximum absolute atomic E-state index is 12.9. The predicted octanol–water partition coefficient (Wildman–Crippen LogP) is 3.36. The summed E-state index contributed by atoms with van der Waals surface area (Å²) in [6.07, 6.45) is 5.84. The number of hydrogen-bond acceptors (Lipinski definition) is 5. The largest absolute Gasteiger partial charge is 0.331 e. The number of carbonyl (C=O) groups excluding carboxylic acids is 1. The maximum atomic E-state index is 12.9. The van der Waals surface area contributed by atoms with E-state index < -0.39 is 10.0 Å². The van der Waals surface area contributed by atoms with Crippen LogP contribution in [0.4, 0.5) is 5.69 Å². The Labute approximate surface area is 199 Å². The molecule has 0 radical (unpaired) electrons. The number of hydrogen-bond donors (Lipinski definition) is 1. The molecule has 0 spiro atoms. The summed E-state index contributed by atoms with van der Waals surface area (Å²) in [6.45, 7) is 4.45. The number of para-hydroxylation sites is 2. The van der Waals surface area contributed by atoms with Gasteiger partial charge < -0.3 is 14.5 Å². The summed E-state index contributed by atoms with van der Waals surface area (Å²) in [5.41, 5.74) is 2.94. The fourth-order valence-corrected chi connectivity index (χ4v) is 5.45. The molecule has 1 N–H and O–H groups in total. The third-order valence-corrected chi connectivity index (χ3v) is 7.87. The minimum absolute atomic E-state index is 0.135. The summed E-state index contributed by atoms with van der Waals surface area (Å²) in [7, 11) is -1.70. The number of anilines is 1. The summed E-state index contributed by atoms with van der Waals surface area (Å²) >= 11 is 0. The normalized spacial score (nSPS) is 11.9. The van der Waals surface area contributed by atoms with Crippen LogP contribution in [-0.2, 0) is 28.3 Å². The van der Waals surface area contributed by atoms with Gasteiger partial charge in [-0.15, -0.1) is 0 Å². The van der Waals surface area contributed by atoms with Crippen LogP contribution in [0.1, 0.15) is 26.1 Å². The zero-order valence-electron chi connectivity index (χ0n) is 19.5. The lowest BCUT2D eigenvalue weighted by Gasteiger charge is -2.18. The summed E-state index contributed by atoms with van der Waals surface area (Å²) in [5, 5.41) is 2.97. The molecule has 10 heteroatoms. The smallest absolute Gasteiger partial charge is 0.243 e. The van der Waals surface area contributed by atoms with E-state index >= 15 is 0 Å². The van der Waals surface area contributed by atoms with E-state index in [0.717, 1.165) is 11.2 Å². The number of imidazole rings is 2. The van der Waals surface area contributed by atoms with Crippen molar-refractivity contribution in [2.24, 2.45) is 7.05 Å². The van der Waals surface area contributed by atoms with Gasteiger partial charge in [0.05, 0.1) is 33.6 Å². The number of aromatic nitrogens is 4. The van der Waals surface area contributed by atoms with Crippen LogP contribution >= 0.6 is 0 Å². The van der Waals surface area contributed by atoms with Gasteiger partial charge in [0, 0.05) is 45.4 Å². The molecule has 9 nitrogen and oxygen atoms in total. The Hall–Kier alpha value is -3.50. The molecule has 0 bridgehead atoms. The van der Waals surface area contributed by atoms with Gasteiger partial charge in [-0.25, -0.2) is 18.4 Å². The van der Waals surface area contributed by atoms with Crippen LogP contribution in [0.2, 0.25) is 0 Å². The van der Waals surface area contributed by atoms with Gasteiger partial charge in [-0.1, -0.05) is 26.0 Å². The van der Waals surface area contributed by atoms with Crippen LogP contribution in [0.3, 0.4) is 0 Å². The number of carbonyl (C=O) groups is 1. The third-order valence-electron chi connectivity index (χ3n) is 5.82. The SMILES string of the molecule is CCN(CC)S(=O)(=O)c1ccc2c(c1)nc(CCC(=O)Nc1ccccc1-n1ccnc1)n2C. The van der Waals surface area contributed by atoms with Crippen molar-refractivity contribution in [1.82, 2.24) is 23.4 Å². The lowest BCUT2D eigenvalue weighted by Crippen LogP contribution is -2.30. The van der Waals surface area contributed by atoms with Gasteiger partial charge in [-0.2, -0.15) is 4.31 Å². The first-order chi connectivity index (χ1) is 16.3. The number of amides is 1. The Morgan fingerprint density at radius 3 is 2.59 bits per heavy atom. The molecule has 0 atom stereocenters. The first kappa shape index (κ1) is 23.7. The Morgan fingerprint density at radius 2 is 1.88 bits per heavy atom. The number of nitrogens with zero attached hydrogens (tertiary/aromatic N) is 5. The highest BCUT2D eigenvalue weighted by Gasteiger charge is 2.23. The van der Waals surface area contributed by atoms with Crippen LogP contribution < -0.4 is 5.32 Å². The van der Waals surface area contributed by atoms with E-state index in [9.17, 15) is 13.2 Å². The van der Waals surface area contributed by atoms with Crippen LogP contribution in [-0.4, -0.2) is 50.8 Å². The van der Waals surface area contributed by atoms with Crippen molar-refractivity contribution in [3.63, 3.8) is 0 Å². The molecule has 0 saturated carbocycles. The minimum atomic E-state index is -3.57. The van der Waals surface area contributed by atoms with Gasteiger partial charge in [0.25, 0.3) is 0 Å². The Morgan fingerprint density at radius 1 is 1.12 bits per heavy atom. The van der Waals surface area contributed by atoms with Crippen LogP contribution in [0.25, 0.3) is 16.7 Å². The molecule has 2 aromatic carbocycles. The van der Waals surface area contributed by atoms with E-state index in [1.807, 2.05) is 60.5 Å². The number of nitrogens with one attached hydrogen (secondary N) is 1. The van der Waals surface area contributed by atoms with Crippen molar-refractivity contribution in [2.45, 2.75) is 31.6 Å². The molecule has 0 fully saturated rings. The van der Waals surface area contributed by atoms with Gasteiger partial charge in [0.2, 0.25) is 15.9 Å². The van der Waals surface area contributed by atoms with Crippen molar-refractivity contribution in [1.29, 1.82) is 0 Å². The fourth-order valence-electron chi connectivity index (χ4n) is 3.97. The van der Waals surface area contributed by atoms with Crippen LogP contribution in [0.5, 0.6) is 0 Å². The lowest BCUT2D eigenvalue weighted by molar-refractivity contribution is -0.116. The molecule has 4 aromatic rings. The summed E-state index contributed by atoms with van der Waals surface area (Å²) in [6, 6.07) is 12.5. The van der Waals surface area contributed by atoms with Crippen LogP contribution in [0, 0.1) is 0 Å². The number of rotatable bonds is 9. The van der Waals surface area contributed by atoms with Crippen molar-refractivity contribution in [3.05, 3.63) is 67.0 Å². The molecular formula is C24H28N6O3S. The molecule has 0 saturated heterocycles. The molecule has 1 amide bonds. The fraction of sp³-hybridized carbons (Fsp3) is 0.292. The molecular weight excluding hydrogens is 452 g/mol. The highest BCUT2D eigenvalue weighted by molar-refractivity contribution is 7.89. The molecule has 2 heterocycles. The maximum Gasteiger partial charge on any atom is 0.243 e. The first-order valence-electron chi connectivity index (χ1n) is 11.2. The Kier molecular flexibility index (Phi) is 6.80.